The number of carbonyl (C=O) groups is 1. The molecular formula is C13H5Cl4FO2. The number of benzene rings is 2. The van der Waals surface area contributed by atoms with Gasteiger partial charge < -0.3 is 5.11 Å². The highest BCUT2D eigenvalue weighted by atomic mass is 35.5. The van der Waals surface area contributed by atoms with Crippen LogP contribution in [0.1, 0.15) is 10.4 Å². The van der Waals surface area contributed by atoms with Gasteiger partial charge in [-0.05, 0) is 24.3 Å². The van der Waals surface area contributed by atoms with Gasteiger partial charge in [0.15, 0.2) is 0 Å². The molecule has 104 valence electrons. The zero-order valence-electron chi connectivity index (χ0n) is 9.55. The quantitative estimate of drug-likeness (QED) is 0.692. The Kier molecular flexibility index (Phi) is 4.45. The second-order valence-corrected chi connectivity index (χ2v) is 5.43. The summed E-state index contributed by atoms with van der Waals surface area (Å²) >= 11 is 23.7. The number of carboxylic acid groups (broad SMARTS) is 1. The molecule has 0 bridgehead atoms. The van der Waals surface area contributed by atoms with E-state index in [2.05, 4.69) is 0 Å². The first-order valence-corrected chi connectivity index (χ1v) is 6.70. The largest absolute Gasteiger partial charge is 0.478 e. The van der Waals surface area contributed by atoms with Gasteiger partial charge in [-0.3, -0.25) is 0 Å². The standard InChI is InChI=1S/C13H5Cl4FO2/c14-7-1-2-8(15)12(17)11(7)6-3-9(16)5(13(19)20)4-10(6)18/h1-4H,(H,19,20). The van der Waals surface area contributed by atoms with Crippen LogP contribution in [0.2, 0.25) is 20.1 Å². The van der Waals surface area contributed by atoms with Crippen LogP contribution in [0.5, 0.6) is 0 Å². The van der Waals surface area contributed by atoms with E-state index in [1.165, 1.54) is 12.1 Å². The van der Waals surface area contributed by atoms with Crippen molar-refractivity contribution in [3.63, 3.8) is 0 Å². The fourth-order valence-electron chi connectivity index (χ4n) is 1.68. The first-order chi connectivity index (χ1) is 9.32. The normalized spacial score (nSPS) is 10.7. The molecule has 0 heterocycles. The van der Waals surface area contributed by atoms with Crippen LogP contribution in [0.25, 0.3) is 11.1 Å². The van der Waals surface area contributed by atoms with E-state index < -0.39 is 11.8 Å². The van der Waals surface area contributed by atoms with Crippen molar-refractivity contribution < 1.29 is 14.3 Å². The number of aromatic carboxylic acids is 1. The molecule has 0 unspecified atom stereocenters. The minimum Gasteiger partial charge on any atom is -0.478 e. The summed E-state index contributed by atoms with van der Waals surface area (Å²) in [6.07, 6.45) is 0. The number of hydrogen-bond donors (Lipinski definition) is 1. The van der Waals surface area contributed by atoms with Crippen LogP contribution >= 0.6 is 46.4 Å². The van der Waals surface area contributed by atoms with Crippen LogP contribution < -0.4 is 0 Å². The molecule has 0 aliphatic rings. The van der Waals surface area contributed by atoms with Crippen molar-refractivity contribution in [3.05, 3.63) is 55.7 Å². The summed E-state index contributed by atoms with van der Waals surface area (Å²) in [5.74, 6) is -2.14. The Morgan fingerprint density at radius 3 is 2.20 bits per heavy atom. The van der Waals surface area contributed by atoms with Crippen molar-refractivity contribution in [1.82, 2.24) is 0 Å². The summed E-state index contributed by atoms with van der Waals surface area (Å²) in [6.45, 7) is 0. The average molecular weight is 354 g/mol. The van der Waals surface area contributed by atoms with Gasteiger partial charge in [0.1, 0.15) is 5.82 Å². The molecule has 1 N–H and O–H groups in total. The third-order valence-corrected chi connectivity index (χ3v) is 4.03. The molecule has 0 fully saturated rings. The van der Waals surface area contributed by atoms with Crippen molar-refractivity contribution >= 4 is 52.4 Å². The Bertz CT molecular complexity index is 716. The molecule has 0 radical (unpaired) electrons. The van der Waals surface area contributed by atoms with Gasteiger partial charge in [-0.2, -0.15) is 0 Å². The minimum absolute atomic E-state index is 0.0162. The topological polar surface area (TPSA) is 37.3 Å². The third-order valence-electron chi connectivity index (χ3n) is 2.60. The lowest BCUT2D eigenvalue weighted by Gasteiger charge is -2.11. The summed E-state index contributed by atoms with van der Waals surface area (Å²) in [5, 5.41) is 9.20. The van der Waals surface area contributed by atoms with E-state index in [-0.39, 0.29) is 36.8 Å². The Balaban J connectivity index is 2.75. The molecule has 0 spiro atoms. The molecule has 20 heavy (non-hydrogen) atoms. The number of hydrogen-bond acceptors (Lipinski definition) is 1. The highest BCUT2D eigenvalue weighted by molar-refractivity contribution is 6.46. The van der Waals surface area contributed by atoms with Crippen LogP contribution in [0.15, 0.2) is 24.3 Å². The van der Waals surface area contributed by atoms with E-state index >= 15 is 0 Å². The van der Waals surface area contributed by atoms with E-state index in [1.54, 1.807) is 0 Å². The lowest BCUT2D eigenvalue weighted by molar-refractivity contribution is 0.0696. The first kappa shape index (κ1) is 15.4. The minimum atomic E-state index is -1.33. The molecule has 0 aliphatic carbocycles. The number of carboxylic acids is 1. The van der Waals surface area contributed by atoms with Crippen molar-refractivity contribution in [3.8, 4) is 11.1 Å². The van der Waals surface area contributed by atoms with Crippen LogP contribution in [-0.2, 0) is 0 Å². The molecule has 2 aromatic rings. The van der Waals surface area contributed by atoms with Crippen molar-refractivity contribution in [1.29, 1.82) is 0 Å². The molecule has 0 amide bonds. The molecule has 0 aromatic heterocycles. The van der Waals surface area contributed by atoms with Crippen LogP contribution in [-0.4, -0.2) is 11.1 Å². The molecule has 7 heteroatoms. The van der Waals surface area contributed by atoms with Crippen LogP contribution in [0, 0.1) is 5.82 Å². The summed E-state index contributed by atoms with van der Waals surface area (Å²) in [5.41, 5.74) is -0.197. The molecule has 2 rings (SSSR count). The summed E-state index contributed by atoms with van der Waals surface area (Å²) in [7, 11) is 0. The lowest BCUT2D eigenvalue weighted by atomic mass is 10.0. The summed E-state index contributed by atoms with van der Waals surface area (Å²) in [4.78, 5) is 10.9. The highest BCUT2D eigenvalue weighted by Gasteiger charge is 2.19. The predicted molar refractivity (Wildman–Crippen MR) is 78.8 cm³/mol. The van der Waals surface area contributed by atoms with Gasteiger partial charge in [0, 0.05) is 11.1 Å². The second kappa shape index (κ2) is 5.78. The highest BCUT2D eigenvalue weighted by Crippen LogP contribution is 2.41. The van der Waals surface area contributed by atoms with Gasteiger partial charge in [-0.25, -0.2) is 9.18 Å². The molecule has 0 aliphatic heterocycles. The Morgan fingerprint density at radius 2 is 1.60 bits per heavy atom. The second-order valence-electron chi connectivity index (χ2n) is 3.84. The first-order valence-electron chi connectivity index (χ1n) is 5.19. The lowest BCUT2D eigenvalue weighted by Crippen LogP contribution is -2.00. The Labute approximate surface area is 133 Å². The van der Waals surface area contributed by atoms with E-state index in [1.807, 2.05) is 0 Å². The van der Waals surface area contributed by atoms with Gasteiger partial charge in [-0.15, -0.1) is 0 Å². The number of rotatable bonds is 2. The van der Waals surface area contributed by atoms with Gasteiger partial charge in [0.2, 0.25) is 0 Å². The van der Waals surface area contributed by atoms with Crippen molar-refractivity contribution in [2.45, 2.75) is 0 Å². The third kappa shape index (κ3) is 2.72. The maximum Gasteiger partial charge on any atom is 0.337 e. The number of halogens is 5. The van der Waals surface area contributed by atoms with Gasteiger partial charge in [-0.1, -0.05) is 46.4 Å². The van der Waals surface area contributed by atoms with Gasteiger partial charge in [0.05, 0.1) is 25.7 Å². The average Bonchev–Trinajstić information content (AvgIpc) is 2.37. The zero-order chi connectivity index (χ0) is 15.0. The summed E-state index contributed by atoms with van der Waals surface area (Å²) in [6, 6.07) is 4.90. The molecule has 2 nitrogen and oxygen atoms in total. The maximum absolute atomic E-state index is 14.1. The van der Waals surface area contributed by atoms with E-state index in [0.717, 1.165) is 12.1 Å². The predicted octanol–water partition coefficient (Wildman–Crippen LogP) is 5.80. The van der Waals surface area contributed by atoms with E-state index in [9.17, 15) is 9.18 Å². The molecule has 0 saturated carbocycles. The molecular weight excluding hydrogens is 349 g/mol. The fourth-order valence-corrected chi connectivity index (χ4v) is 2.65. The zero-order valence-corrected chi connectivity index (χ0v) is 12.6. The summed E-state index contributed by atoms with van der Waals surface area (Å²) < 4.78 is 14.1. The Hall–Kier alpha value is -1.000. The van der Waals surface area contributed by atoms with Crippen LogP contribution in [0.3, 0.4) is 0 Å². The van der Waals surface area contributed by atoms with E-state index in [0.29, 0.717) is 0 Å². The monoisotopic (exact) mass is 352 g/mol. The smallest absolute Gasteiger partial charge is 0.337 e. The fraction of sp³-hybridized carbons (Fsp3) is 0. The SMILES string of the molecule is O=C(O)c1cc(F)c(-c2c(Cl)ccc(Cl)c2Cl)cc1Cl. The van der Waals surface area contributed by atoms with Crippen LogP contribution in [0.4, 0.5) is 4.39 Å². The Morgan fingerprint density at radius 1 is 1.00 bits per heavy atom. The molecule has 0 saturated heterocycles. The van der Waals surface area contributed by atoms with Gasteiger partial charge >= 0.3 is 5.97 Å². The molecule has 0 atom stereocenters. The van der Waals surface area contributed by atoms with E-state index in [4.69, 9.17) is 51.5 Å². The van der Waals surface area contributed by atoms with Gasteiger partial charge in [0.25, 0.3) is 0 Å². The van der Waals surface area contributed by atoms with Crippen molar-refractivity contribution in [2.75, 3.05) is 0 Å². The van der Waals surface area contributed by atoms with Crippen molar-refractivity contribution in [2.24, 2.45) is 0 Å². The molecule has 2 aromatic carbocycles. The maximum atomic E-state index is 14.1.